The summed E-state index contributed by atoms with van der Waals surface area (Å²) in [4.78, 5) is 4.78. The Morgan fingerprint density at radius 3 is 2.81 bits per heavy atom. The van der Waals surface area contributed by atoms with Gasteiger partial charge in [0, 0.05) is 23.4 Å². The number of hydrogen-bond donors (Lipinski definition) is 1. The Bertz CT molecular complexity index is 569. The van der Waals surface area contributed by atoms with Gasteiger partial charge in [0.05, 0.1) is 22.9 Å². The first-order chi connectivity index (χ1) is 10.3. The van der Waals surface area contributed by atoms with E-state index in [-0.39, 0.29) is 0 Å². The highest BCUT2D eigenvalue weighted by atomic mass is 32.1. The molecule has 0 spiro atoms. The summed E-state index contributed by atoms with van der Waals surface area (Å²) < 4.78 is 5.99. The zero-order valence-corrected chi connectivity index (χ0v) is 13.4. The molecule has 3 nitrogen and oxygen atoms in total. The van der Waals surface area contributed by atoms with Crippen molar-refractivity contribution in [3.63, 3.8) is 0 Å². The van der Waals surface area contributed by atoms with Crippen molar-refractivity contribution in [2.24, 2.45) is 0 Å². The van der Waals surface area contributed by atoms with Crippen molar-refractivity contribution in [3.05, 3.63) is 40.7 Å². The van der Waals surface area contributed by atoms with E-state index in [0.29, 0.717) is 18.2 Å². The van der Waals surface area contributed by atoms with E-state index < -0.39 is 0 Å². The predicted molar refractivity (Wildman–Crippen MR) is 87.7 cm³/mol. The number of benzene rings is 1. The molecule has 1 aliphatic rings. The van der Waals surface area contributed by atoms with Gasteiger partial charge in [0.25, 0.3) is 0 Å². The summed E-state index contributed by atoms with van der Waals surface area (Å²) in [7, 11) is 2.02. The average molecular weight is 302 g/mol. The number of thiazole rings is 1. The van der Waals surface area contributed by atoms with Crippen molar-refractivity contribution in [2.45, 2.75) is 44.4 Å². The van der Waals surface area contributed by atoms with Crippen LogP contribution in [0.2, 0.25) is 0 Å². The van der Waals surface area contributed by atoms with E-state index in [1.807, 2.05) is 13.1 Å². The Balaban J connectivity index is 1.68. The van der Waals surface area contributed by atoms with E-state index in [9.17, 15) is 0 Å². The molecule has 2 aromatic rings. The first-order valence-corrected chi connectivity index (χ1v) is 8.47. The topological polar surface area (TPSA) is 34.2 Å². The zero-order chi connectivity index (χ0) is 14.7. The van der Waals surface area contributed by atoms with E-state index in [4.69, 9.17) is 9.72 Å². The minimum absolute atomic E-state index is 0.314. The molecule has 3 rings (SSSR count). The molecule has 0 aliphatic carbocycles. The van der Waals surface area contributed by atoms with Gasteiger partial charge in [0.1, 0.15) is 0 Å². The van der Waals surface area contributed by atoms with Crippen LogP contribution in [0.1, 0.15) is 24.8 Å². The number of ether oxygens (including phenoxy) is 1. The molecule has 1 aromatic carbocycles. The Morgan fingerprint density at radius 2 is 2.14 bits per heavy atom. The molecule has 1 fully saturated rings. The van der Waals surface area contributed by atoms with Gasteiger partial charge < -0.3 is 10.1 Å². The molecule has 0 saturated carbocycles. The SMILES string of the molecule is CNC(Cc1nc(-c2ccccc2)cs1)C1CCC(C)O1. The average Bonchev–Trinajstić information content (AvgIpc) is 3.15. The second-order valence-electron chi connectivity index (χ2n) is 5.65. The third-order valence-electron chi connectivity index (χ3n) is 4.10. The van der Waals surface area contributed by atoms with E-state index in [1.54, 1.807) is 11.3 Å². The van der Waals surface area contributed by atoms with Crippen molar-refractivity contribution < 1.29 is 4.74 Å². The van der Waals surface area contributed by atoms with Crippen LogP contribution in [0.25, 0.3) is 11.3 Å². The largest absolute Gasteiger partial charge is 0.374 e. The number of rotatable bonds is 5. The van der Waals surface area contributed by atoms with Gasteiger partial charge in [-0.2, -0.15) is 0 Å². The first-order valence-electron chi connectivity index (χ1n) is 7.59. The lowest BCUT2D eigenvalue weighted by Gasteiger charge is -2.22. The van der Waals surface area contributed by atoms with Crippen LogP contribution in [0.4, 0.5) is 0 Å². The van der Waals surface area contributed by atoms with Gasteiger partial charge in [-0.25, -0.2) is 4.98 Å². The molecule has 2 heterocycles. The van der Waals surface area contributed by atoms with Crippen molar-refractivity contribution in [1.29, 1.82) is 0 Å². The van der Waals surface area contributed by atoms with E-state index >= 15 is 0 Å². The maximum Gasteiger partial charge on any atom is 0.0949 e. The maximum absolute atomic E-state index is 5.99. The fraction of sp³-hybridized carbons (Fsp3) is 0.471. The molecule has 21 heavy (non-hydrogen) atoms. The molecule has 3 atom stereocenters. The Hall–Kier alpha value is -1.23. The lowest BCUT2D eigenvalue weighted by atomic mass is 10.0. The highest BCUT2D eigenvalue weighted by molar-refractivity contribution is 7.09. The van der Waals surface area contributed by atoms with E-state index in [1.165, 1.54) is 10.6 Å². The lowest BCUT2D eigenvalue weighted by molar-refractivity contribution is 0.0337. The molecule has 1 N–H and O–H groups in total. The third-order valence-corrected chi connectivity index (χ3v) is 4.97. The quantitative estimate of drug-likeness (QED) is 0.918. The van der Waals surface area contributed by atoms with Crippen LogP contribution in [0, 0.1) is 0 Å². The highest BCUT2D eigenvalue weighted by Gasteiger charge is 2.29. The number of likely N-dealkylation sites (N-methyl/N-ethyl adjacent to an activating group) is 1. The van der Waals surface area contributed by atoms with Crippen LogP contribution >= 0.6 is 11.3 Å². The molecule has 112 valence electrons. The van der Waals surface area contributed by atoms with Gasteiger partial charge in [-0.3, -0.25) is 0 Å². The summed E-state index contributed by atoms with van der Waals surface area (Å²) in [5, 5.41) is 6.73. The summed E-state index contributed by atoms with van der Waals surface area (Å²) in [6.07, 6.45) is 3.95. The third kappa shape index (κ3) is 3.51. The summed E-state index contributed by atoms with van der Waals surface area (Å²) in [6, 6.07) is 10.7. The van der Waals surface area contributed by atoms with Crippen LogP contribution in [-0.4, -0.2) is 30.3 Å². The van der Waals surface area contributed by atoms with Crippen LogP contribution in [0.5, 0.6) is 0 Å². The molecular weight excluding hydrogens is 280 g/mol. The second-order valence-corrected chi connectivity index (χ2v) is 6.60. The number of aromatic nitrogens is 1. The highest BCUT2D eigenvalue weighted by Crippen LogP contribution is 2.26. The van der Waals surface area contributed by atoms with Crippen LogP contribution in [0.3, 0.4) is 0 Å². The summed E-state index contributed by atoms with van der Waals surface area (Å²) in [6.45, 7) is 2.16. The molecular formula is C17H22N2OS. The minimum Gasteiger partial charge on any atom is -0.374 e. The Kier molecular flexibility index (Phi) is 4.68. The van der Waals surface area contributed by atoms with E-state index in [0.717, 1.165) is 25.0 Å². The number of nitrogens with zero attached hydrogens (tertiary/aromatic N) is 1. The first kappa shape index (κ1) is 14.7. The van der Waals surface area contributed by atoms with Gasteiger partial charge in [-0.15, -0.1) is 11.3 Å². The number of hydrogen-bond acceptors (Lipinski definition) is 4. The second kappa shape index (κ2) is 6.69. The minimum atomic E-state index is 0.314. The molecule has 1 aliphatic heterocycles. The molecule has 4 heteroatoms. The molecule has 3 unspecified atom stereocenters. The monoisotopic (exact) mass is 302 g/mol. The Morgan fingerprint density at radius 1 is 1.33 bits per heavy atom. The molecule has 0 radical (unpaired) electrons. The van der Waals surface area contributed by atoms with Gasteiger partial charge in [-0.05, 0) is 26.8 Å². The van der Waals surface area contributed by atoms with Crippen molar-refractivity contribution in [1.82, 2.24) is 10.3 Å². The van der Waals surface area contributed by atoms with Crippen molar-refractivity contribution >= 4 is 11.3 Å². The Labute approximate surface area is 130 Å². The van der Waals surface area contributed by atoms with Gasteiger partial charge in [0.2, 0.25) is 0 Å². The summed E-state index contributed by atoms with van der Waals surface area (Å²) in [5.74, 6) is 0. The maximum atomic E-state index is 5.99. The number of nitrogens with one attached hydrogen (secondary N) is 1. The molecule has 0 amide bonds. The van der Waals surface area contributed by atoms with Crippen LogP contribution < -0.4 is 5.32 Å². The lowest BCUT2D eigenvalue weighted by Crippen LogP contribution is -2.39. The standard InChI is InChI=1S/C17H22N2OS/c1-12-8-9-16(20-12)14(18-2)10-17-19-15(11-21-17)13-6-4-3-5-7-13/h3-7,11-12,14,16,18H,8-10H2,1-2H3. The van der Waals surface area contributed by atoms with Gasteiger partial charge in [0.15, 0.2) is 0 Å². The fourth-order valence-corrected chi connectivity index (χ4v) is 3.75. The molecule has 1 saturated heterocycles. The van der Waals surface area contributed by atoms with Gasteiger partial charge >= 0.3 is 0 Å². The van der Waals surface area contributed by atoms with Crippen molar-refractivity contribution in [3.8, 4) is 11.3 Å². The normalized spacial score (nSPS) is 23.3. The molecule has 1 aromatic heterocycles. The van der Waals surface area contributed by atoms with E-state index in [2.05, 4.69) is 41.9 Å². The summed E-state index contributed by atoms with van der Waals surface area (Å²) >= 11 is 1.74. The smallest absolute Gasteiger partial charge is 0.0949 e. The zero-order valence-electron chi connectivity index (χ0n) is 12.6. The molecule has 0 bridgehead atoms. The fourth-order valence-electron chi connectivity index (χ4n) is 2.88. The van der Waals surface area contributed by atoms with Crippen molar-refractivity contribution in [2.75, 3.05) is 7.05 Å². The van der Waals surface area contributed by atoms with Crippen LogP contribution in [0.15, 0.2) is 35.7 Å². The predicted octanol–water partition coefficient (Wildman–Crippen LogP) is 3.51. The summed E-state index contributed by atoms with van der Waals surface area (Å²) in [5.41, 5.74) is 2.26. The van der Waals surface area contributed by atoms with Crippen LogP contribution in [-0.2, 0) is 11.2 Å². The van der Waals surface area contributed by atoms with Gasteiger partial charge in [-0.1, -0.05) is 30.3 Å².